The first-order chi connectivity index (χ1) is 9.13. The Hall–Kier alpha value is -2.29. The monoisotopic (exact) mass is 281 g/mol. The molecule has 0 saturated carbocycles. The highest BCUT2D eigenvalue weighted by atomic mass is 32.1. The molecule has 0 bridgehead atoms. The molecular weight excluding hydrogens is 270 g/mol. The average molecular weight is 281 g/mol. The number of thiazole rings is 1. The number of nitrogens with one attached hydrogen (secondary N) is 1. The van der Waals surface area contributed by atoms with Gasteiger partial charge in [0, 0.05) is 4.88 Å². The fourth-order valence-electron chi connectivity index (χ4n) is 1.47. The summed E-state index contributed by atoms with van der Waals surface area (Å²) in [6, 6.07) is 0. The van der Waals surface area contributed by atoms with Gasteiger partial charge in [0.1, 0.15) is 6.33 Å². The summed E-state index contributed by atoms with van der Waals surface area (Å²) in [5.41, 5.74) is 2.34. The Labute approximate surface area is 112 Å². The minimum atomic E-state index is -0.569. The molecule has 0 aliphatic rings. The fourth-order valence-corrected chi connectivity index (χ4v) is 2.18. The molecule has 2 aromatic rings. The van der Waals surface area contributed by atoms with Gasteiger partial charge in [-0.2, -0.15) is 4.98 Å². The van der Waals surface area contributed by atoms with Crippen LogP contribution in [-0.2, 0) is 6.54 Å². The number of hydrogen-bond donors (Lipinski definition) is 1. The van der Waals surface area contributed by atoms with Crippen LogP contribution < -0.4 is 10.1 Å². The molecular formula is C10H11N5O3S. The zero-order valence-corrected chi connectivity index (χ0v) is 11.1. The van der Waals surface area contributed by atoms with E-state index >= 15 is 0 Å². The van der Waals surface area contributed by atoms with Crippen LogP contribution in [0.25, 0.3) is 0 Å². The molecule has 8 nitrogen and oxygen atoms in total. The largest absolute Gasteiger partial charge is 0.476 e. The van der Waals surface area contributed by atoms with Crippen molar-refractivity contribution in [1.29, 1.82) is 0 Å². The third kappa shape index (κ3) is 2.76. The second-order valence-corrected chi connectivity index (χ2v) is 4.49. The van der Waals surface area contributed by atoms with E-state index in [0.29, 0.717) is 6.54 Å². The van der Waals surface area contributed by atoms with Crippen LogP contribution in [0, 0.1) is 17.0 Å². The van der Waals surface area contributed by atoms with Crippen molar-refractivity contribution in [3.63, 3.8) is 0 Å². The average Bonchev–Trinajstić information content (AvgIpc) is 2.81. The molecule has 0 aromatic carbocycles. The fraction of sp³-hybridized carbons (Fsp3) is 0.300. The van der Waals surface area contributed by atoms with E-state index in [4.69, 9.17) is 4.74 Å². The van der Waals surface area contributed by atoms with E-state index in [2.05, 4.69) is 20.3 Å². The van der Waals surface area contributed by atoms with E-state index in [-0.39, 0.29) is 17.4 Å². The normalized spacial score (nSPS) is 10.2. The van der Waals surface area contributed by atoms with Gasteiger partial charge in [0.15, 0.2) is 0 Å². The van der Waals surface area contributed by atoms with E-state index in [0.717, 1.165) is 10.6 Å². The molecule has 0 fully saturated rings. The van der Waals surface area contributed by atoms with Crippen molar-refractivity contribution in [2.45, 2.75) is 13.5 Å². The molecule has 0 radical (unpaired) electrons. The summed E-state index contributed by atoms with van der Waals surface area (Å²) in [4.78, 5) is 23.2. The Morgan fingerprint density at radius 1 is 1.47 bits per heavy atom. The number of rotatable bonds is 5. The lowest BCUT2D eigenvalue weighted by atomic mass is 10.4. The topological polar surface area (TPSA) is 103 Å². The van der Waals surface area contributed by atoms with Crippen LogP contribution in [0.2, 0.25) is 0 Å². The minimum Gasteiger partial charge on any atom is -0.476 e. The molecule has 100 valence electrons. The van der Waals surface area contributed by atoms with Crippen LogP contribution in [-0.4, -0.2) is 27.0 Å². The molecule has 1 N–H and O–H groups in total. The van der Waals surface area contributed by atoms with E-state index in [1.807, 2.05) is 6.92 Å². The third-order valence-electron chi connectivity index (χ3n) is 2.43. The molecule has 19 heavy (non-hydrogen) atoms. The summed E-state index contributed by atoms with van der Waals surface area (Å²) in [5, 5.41) is 13.9. The lowest BCUT2D eigenvalue weighted by Gasteiger charge is -2.06. The van der Waals surface area contributed by atoms with Gasteiger partial charge in [0.2, 0.25) is 5.82 Å². The standard InChI is InChI=1S/C10H11N5O3S/c1-6-7(19-5-14-6)3-11-9-8(15(16)17)10(18-2)13-4-12-9/h4-5H,3H2,1-2H3,(H,11,12,13). The van der Waals surface area contributed by atoms with Crippen molar-refractivity contribution in [3.05, 3.63) is 32.5 Å². The highest BCUT2D eigenvalue weighted by Gasteiger charge is 2.23. The van der Waals surface area contributed by atoms with E-state index in [1.54, 1.807) is 5.51 Å². The highest BCUT2D eigenvalue weighted by Crippen LogP contribution is 2.30. The summed E-state index contributed by atoms with van der Waals surface area (Å²) in [6.45, 7) is 2.29. The molecule has 9 heteroatoms. The summed E-state index contributed by atoms with van der Waals surface area (Å²) in [7, 11) is 1.33. The van der Waals surface area contributed by atoms with Gasteiger partial charge in [-0.05, 0) is 6.92 Å². The lowest BCUT2D eigenvalue weighted by Crippen LogP contribution is -2.07. The van der Waals surface area contributed by atoms with Gasteiger partial charge in [-0.3, -0.25) is 10.1 Å². The second-order valence-electron chi connectivity index (χ2n) is 3.55. The third-order valence-corrected chi connectivity index (χ3v) is 3.36. The number of methoxy groups -OCH3 is 1. The van der Waals surface area contributed by atoms with E-state index < -0.39 is 4.92 Å². The maximum atomic E-state index is 11.0. The Bertz CT molecular complexity index is 601. The minimum absolute atomic E-state index is 0.0662. The Kier molecular flexibility index (Phi) is 3.85. The van der Waals surface area contributed by atoms with Crippen molar-refractivity contribution in [3.8, 4) is 5.88 Å². The van der Waals surface area contributed by atoms with Gasteiger partial charge >= 0.3 is 5.69 Å². The first-order valence-electron chi connectivity index (χ1n) is 5.29. The molecule has 0 saturated heterocycles. The number of ether oxygens (including phenoxy) is 1. The van der Waals surface area contributed by atoms with Gasteiger partial charge in [-0.1, -0.05) is 0 Å². The molecule has 0 aliphatic carbocycles. The predicted molar refractivity (Wildman–Crippen MR) is 69.4 cm³/mol. The lowest BCUT2D eigenvalue weighted by molar-refractivity contribution is -0.385. The molecule has 0 unspecified atom stereocenters. The molecule has 2 aromatic heterocycles. The van der Waals surface area contributed by atoms with Crippen molar-refractivity contribution in [2.75, 3.05) is 12.4 Å². The molecule has 0 atom stereocenters. The second kappa shape index (κ2) is 5.57. The number of hydrogen-bond acceptors (Lipinski definition) is 8. The SMILES string of the molecule is COc1ncnc(NCc2scnc2C)c1[N+](=O)[O-]. The predicted octanol–water partition coefficient (Wildman–Crippen LogP) is 1.77. The first kappa shape index (κ1) is 13.1. The number of nitrogens with zero attached hydrogens (tertiary/aromatic N) is 4. The van der Waals surface area contributed by atoms with Crippen molar-refractivity contribution >= 4 is 22.8 Å². The van der Waals surface area contributed by atoms with Crippen LogP contribution in [0.15, 0.2) is 11.8 Å². The van der Waals surface area contributed by atoms with E-state index in [1.165, 1.54) is 24.8 Å². The van der Waals surface area contributed by atoms with Gasteiger partial charge in [0.25, 0.3) is 5.88 Å². The molecule has 2 heterocycles. The summed E-state index contributed by atoms with van der Waals surface area (Å²) in [5.74, 6) is 0.0631. The quantitative estimate of drug-likeness (QED) is 0.658. The summed E-state index contributed by atoms with van der Waals surface area (Å²) in [6.07, 6.45) is 1.22. The number of aromatic nitrogens is 3. The van der Waals surface area contributed by atoms with E-state index in [9.17, 15) is 10.1 Å². The number of nitro groups is 1. The Morgan fingerprint density at radius 3 is 2.84 bits per heavy atom. The van der Waals surface area contributed by atoms with Gasteiger partial charge < -0.3 is 10.1 Å². The van der Waals surface area contributed by atoms with Crippen LogP contribution in [0.3, 0.4) is 0 Å². The molecule has 0 spiro atoms. The molecule has 2 rings (SSSR count). The molecule has 0 amide bonds. The van der Waals surface area contributed by atoms with Crippen LogP contribution in [0.1, 0.15) is 10.6 Å². The van der Waals surface area contributed by atoms with Crippen molar-refractivity contribution in [2.24, 2.45) is 0 Å². The van der Waals surface area contributed by atoms with Crippen LogP contribution >= 0.6 is 11.3 Å². The highest BCUT2D eigenvalue weighted by molar-refractivity contribution is 7.09. The van der Waals surface area contributed by atoms with Crippen molar-refractivity contribution in [1.82, 2.24) is 15.0 Å². The summed E-state index contributed by atoms with van der Waals surface area (Å²) >= 11 is 1.47. The van der Waals surface area contributed by atoms with Crippen LogP contribution in [0.4, 0.5) is 11.5 Å². The maximum Gasteiger partial charge on any atom is 0.372 e. The Balaban J connectivity index is 2.25. The zero-order valence-electron chi connectivity index (χ0n) is 10.3. The van der Waals surface area contributed by atoms with Crippen LogP contribution in [0.5, 0.6) is 5.88 Å². The number of anilines is 1. The van der Waals surface area contributed by atoms with Crippen molar-refractivity contribution < 1.29 is 9.66 Å². The van der Waals surface area contributed by atoms with Gasteiger partial charge in [0.05, 0.1) is 29.8 Å². The zero-order chi connectivity index (χ0) is 13.8. The number of aryl methyl sites for hydroxylation is 1. The van der Waals surface area contributed by atoms with Gasteiger partial charge in [-0.25, -0.2) is 9.97 Å². The first-order valence-corrected chi connectivity index (χ1v) is 6.17. The Morgan fingerprint density at radius 2 is 2.26 bits per heavy atom. The van der Waals surface area contributed by atoms with Gasteiger partial charge in [-0.15, -0.1) is 11.3 Å². The maximum absolute atomic E-state index is 11.0. The molecule has 0 aliphatic heterocycles. The smallest absolute Gasteiger partial charge is 0.372 e. The summed E-state index contributed by atoms with van der Waals surface area (Å²) < 4.78 is 4.87.